The summed E-state index contributed by atoms with van der Waals surface area (Å²) in [5, 5.41) is 10.9. The Bertz CT molecular complexity index is 928. The van der Waals surface area contributed by atoms with E-state index in [0.29, 0.717) is 0 Å². The minimum absolute atomic E-state index is 0.00669. The van der Waals surface area contributed by atoms with E-state index in [1.807, 2.05) is 6.07 Å². The van der Waals surface area contributed by atoms with Crippen LogP contribution in [0.3, 0.4) is 0 Å². The topological polar surface area (TPSA) is 104 Å². The minimum atomic E-state index is -1.12. The van der Waals surface area contributed by atoms with E-state index in [1.54, 1.807) is 6.92 Å². The average molecular weight is 407 g/mol. The molecule has 1 amide bonds. The number of nitrogens with two attached hydrogens (primary N) is 1. The molecule has 3 N–H and O–H groups in total. The van der Waals surface area contributed by atoms with Gasteiger partial charge in [0.05, 0.1) is 5.56 Å². The van der Waals surface area contributed by atoms with Gasteiger partial charge in [-0.05, 0) is 30.2 Å². The van der Waals surface area contributed by atoms with Gasteiger partial charge in [-0.15, -0.1) is 0 Å². The first-order valence-electron chi connectivity index (χ1n) is 8.02. The van der Waals surface area contributed by atoms with Gasteiger partial charge in [0.25, 0.3) is 5.91 Å². The molecule has 0 radical (unpaired) electrons. The number of anilines is 1. The van der Waals surface area contributed by atoms with Crippen LogP contribution >= 0.6 is 11.8 Å². The average Bonchev–Trinajstić information content (AvgIpc) is 2.65. The van der Waals surface area contributed by atoms with Crippen LogP contribution in [0.15, 0.2) is 35.5 Å². The molecule has 0 aliphatic carbocycles. The third-order valence-electron chi connectivity index (χ3n) is 3.53. The van der Waals surface area contributed by atoms with Crippen LogP contribution in [-0.2, 0) is 6.42 Å². The van der Waals surface area contributed by atoms with Gasteiger partial charge >= 0.3 is 0 Å². The number of aromatic nitrogens is 1. The van der Waals surface area contributed by atoms with Crippen LogP contribution in [-0.4, -0.2) is 28.1 Å². The number of nitrogens with zero attached hydrogens (tertiary/aromatic N) is 3. The lowest BCUT2D eigenvalue weighted by atomic mass is 10.1. The molecule has 0 aliphatic rings. The molecule has 0 aliphatic heterocycles. The minimum Gasteiger partial charge on any atom is -0.378 e. The van der Waals surface area contributed by atoms with Crippen molar-refractivity contribution < 1.29 is 18.0 Å². The second-order valence-corrected chi connectivity index (χ2v) is 7.14. The number of nitriles is 1. The van der Waals surface area contributed by atoms with Gasteiger partial charge < -0.3 is 11.1 Å². The molecule has 0 bridgehead atoms. The van der Waals surface area contributed by atoms with Gasteiger partial charge in [0, 0.05) is 23.2 Å². The fourth-order valence-electron chi connectivity index (χ4n) is 2.31. The third-order valence-corrected chi connectivity index (χ3v) is 4.47. The maximum atomic E-state index is 14.1. The molecule has 0 saturated carbocycles. The van der Waals surface area contributed by atoms with Gasteiger partial charge in [-0.2, -0.15) is 5.26 Å². The predicted molar refractivity (Wildman–Crippen MR) is 102 cm³/mol. The van der Waals surface area contributed by atoms with Crippen molar-refractivity contribution in [2.45, 2.75) is 18.6 Å². The van der Waals surface area contributed by atoms with E-state index in [0.717, 1.165) is 17.8 Å². The van der Waals surface area contributed by atoms with Gasteiger partial charge in [-0.25, -0.2) is 23.1 Å². The second kappa shape index (κ2) is 9.75. The Hall–Kier alpha value is -3.06. The first-order chi connectivity index (χ1) is 13.3. The van der Waals surface area contributed by atoms with Crippen molar-refractivity contribution in [3.8, 4) is 6.07 Å². The fraction of sp³-hybridized carbons (Fsp3) is 0.222. The highest BCUT2D eigenvalue weighted by atomic mass is 32.2. The molecule has 10 heteroatoms. The molecular formula is C18H16F3N5OS. The standard InChI is InChI=1S/C18H16F3N5OS/c1-10(28-18(23)25-9-19)4-12-5-13(6-14(20)16(12)21)26-17(27)15-3-2-11(7-22)8-24-15/h2-3,5-6,8,10H,4,9H2,1H3,(H2,23,25)(H,26,27)/t10-/m1/s1. The van der Waals surface area contributed by atoms with E-state index in [1.165, 1.54) is 24.4 Å². The predicted octanol–water partition coefficient (Wildman–Crippen LogP) is 3.39. The Labute approximate surface area is 163 Å². The molecule has 6 nitrogen and oxygen atoms in total. The number of rotatable bonds is 6. The molecule has 1 aromatic heterocycles. The number of aliphatic imine (C=N–C) groups is 1. The van der Waals surface area contributed by atoms with E-state index in [4.69, 9.17) is 11.0 Å². The van der Waals surface area contributed by atoms with Gasteiger partial charge in [-0.3, -0.25) is 4.79 Å². The van der Waals surface area contributed by atoms with Gasteiger partial charge in [0.15, 0.2) is 23.6 Å². The van der Waals surface area contributed by atoms with E-state index < -0.39 is 24.3 Å². The van der Waals surface area contributed by atoms with Crippen LogP contribution < -0.4 is 11.1 Å². The molecule has 1 heterocycles. The van der Waals surface area contributed by atoms with Crippen molar-refractivity contribution in [3.63, 3.8) is 0 Å². The summed E-state index contributed by atoms with van der Waals surface area (Å²) in [6, 6.07) is 6.81. The van der Waals surface area contributed by atoms with E-state index in [2.05, 4.69) is 15.3 Å². The Balaban J connectivity index is 2.16. The molecule has 28 heavy (non-hydrogen) atoms. The molecule has 0 spiro atoms. The van der Waals surface area contributed by atoms with Gasteiger partial charge in [-0.1, -0.05) is 18.7 Å². The zero-order valence-electron chi connectivity index (χ0n) is 14.7. The number of pyridine rings is 1. The highest BCUT2D eigenvalue weighted by Gasteiger charge is 2.17. The lowest BCUT2D eigenvalue weighted by Gasteiger charge is -2.13. The number of thioether (sulfide) groups is 1. The van der Waals surface area contributed by atoms with Crippen LogP contribution in [0.4, 0.5) is 18.9 Å². The van der Waals surface area contributed by atoms with Crippen LogP contribution in [0.25, 0.3) is 0 Å². The Morgan fingerprint density at radius 2 is 2.18 bits per heavy atom. The largest absolute Gasteiger partial charge is 0.378 e. The van der Waals surface area contributed by atoms with Crippen LogP contribution in [0.5, 0.6) is 0 Å². The van der Waals surface area contributed by atoms with Gasteiger partial charge in [0.2, 0.25) is 0 Å². The van der Waals surface area contributed by atoms with Crippen LogP contribution in [0.2, 0.25) is 0 Å². The SMILES string of the molecule is C[C@H](Cc1cc(NC(=O)c2ccc(C#N)cn2)cc(F)c1F)SC(N)=NCF. The number of carbonyl (C=O) groups excluding carboxylic acids is 1. The molecule has 1 atom stereocenters. The maximum Gasteiger partial charge on any atom is 0.274 e. The molecular weight excluding hydrogens is 391 g/mol. The van der Waals surface area contributed by atoms with Crippen LogP contribution in [0, 0.1) is 23.0 Å². The lowest BCUT2D eigenvalue weighted by molar-refractivity contribution is 0.102. The quantitative estimate of drug-likeness (QED) is 0.434. The lowest BCUT2D eigenvalue weighted by Crippen LogP contribution is -2.16. The zero-order chi connectivity index (χ0) is 20.7. The van der Waals surface area contributed by atoms with Crippen LogP contribution in [0.1, 0.15) is 28.5 Å². The Kier molecular flexibility index (Phi) is 7.40. The monoisotopic (exact) mass is 407 g/mol. The van der Waals surface area contributed by atoms with E-state index in [-0.39, 0.29) is 39.3 Å². The van der Waals surface area contributed by atoms with Crippen molar-refractivity contribution in [2.24, 2.45) is 10.7 Å². The number of carbonyl (C=O) groups is 1. The zero-order valence-corrected chi connectivity index (χ0v) is 15.6. The number of hydrogen-bond donors (Lipinski definition) is 2. The number of hydrogen-bond acceptors (Lipinski definition) is 5. The van der Waals surface area contributed by atoms with E-state index in [9.17, 15) is 18.0 Å². The van der Waals surface area contributed by atoms with Gasteiger partial charge in [0.1, 0.15) is 11.8 Å². The Morgan fingerprint density at radius 3 is 2.79 bits per heavy atom. The summed E-state index contributed by atoms with van der Waals surface area (Å²) in [5.41, 5.74) is 5.89. The fourth-order valence-corrected chi connectivity index (χ4v) is 3.11. The van der Waals surface area contributed by atoms with Crippen molar-refractivity contribution in [1.82, 2.24) is 4.98 Å². The normalized spacial score (nSPS) is 12.3. The molecule has 0 unspecified atom stereocenters. The summed E-state index contributed by atoms with van der Waals surface area (Å²) < 4.78 is 40.2. The number of amidine groups is 1. The first kappa shape index (κ1) is 21.2. The Morgan fingerprint density at radius 1 is 1.43 bits per heavy atom. The summed E-state index contributed by atoms with van der Waals surface area (Å²) >= 11 is 1.03. The summed E-state index contributed by atoms with van der Waals surface area (Å²) in [4.78, 5) is 19.4. The summed E-state index contributed by atoms with van der Waals surface area (Å²) in [7, 11) is 0. The maximum absolute atomic E-state index is 14.1. The first-order valence-corrected chi connectivity index (χ1v) is 8.90. The molecule has 0 saturated heterocycles. The van der Waals surface area contributed by atoms with Crippen molar-refractivity contribution in [2.75, 3.05) is 12.1 Å². The number of amides is 1. The van der Waals surface area contributed by atoms with E-state index >= 15 is 0 Å². The molecule has 1 aromatic carbocycles. The third kappa shape index (κ3) is 5.72. The molecule has 2 aromatic rings. The van der Waals surface area contributed by atoms with Crippen molar-refractivity contribution in [1.29, 1.82) is 5.26 Å². The molecule has 2 rings (SSSR count). The number of alkyl halides is 1. The van der Waals surface area contributed by atoms with Crippen molar-refractivity contribution in [3.05, 3.63) is 58.9 Å². The summed E-state index contributed by atoms with van der Waals surface area (Å²) in [6.45, 7) is 0.744. The van der Waals surface area contributed by atoms with Crippen molar-refractivity contribution >= 4 is 28.5 Å². The number of benzene rings is 1. The second-order valence-electron chi connectivity index (χ2n) is 5.68. The highest BCUT2D eigenvalue weighted by Crippen LogP contribution is 2.24. The number of nitrogens with one attached hydrogen (secondary N) is 1. The molecule has 146 valence electrons. The number of halogens is 3. The smallest absolute Gasteiger partial charge is 0.274 e. The summed E-state index contributed by atoms with van der Waals surface area (Å²) in [5.74, 6) is -2.80. The summed E-state index contributed by atoms with van der Waals surface area (Å²) in [6.07, 6.45) is 1.31. The molecule has 0 fully saturated rings. The highest BCUT2D eigenvalue weighted by molar-refractivity contribution is 8.14.